The number of aliphatic imine (C=N–C) groups is 1. The topological polar surface area (TPSA) is 113 Å². The lowest BCUT2D eigenvalue weighted by Gasteiger charge is -2.24. The number of anilines is 1. The van der Waals surface area contributed by atoms with E-state index in [0.717, 1.165) is 25.1 Å². The number of benzene rings is 1. The second-order valence-electron chi connectivity index (χ2n) is 6.38. The molecule has 14 heteroatoms. The van der Waals surface area contributed by atoms with Crippen LogP contribution in [0.2, 0.25) is 0 Å². The van der Waals surface area contributed by atoms with E-state index in [-0.39, 0.29) is 18.1 Å². The second kappa shape index (κ2) is 7.77. The Morgan fingerprint density at radius 2 is 2.03 bits per heavy atom. The fraction of sp³-hybridized carbons (Fsp3) is 0.375. The molecule has 8 nitrogen and oxygen atoms in total. The van der Waals surface area contributed by atoms with E-state index >= 15 is 0 Å². The van der Waals surface area contributed by atoms with Gasteiger partial charge in [0.15, 0.2) is 5.89 Å². The fourth-order valence-electron chi connectivity index (χ4n) is 2.76. The molecule has 1 aliphatic rings. The zero-order valence-corrected chi connectivity index (χ0v) is 15.2. The summed E-state index contributed by atoms with van der Waals surface area (Å²) in [7, 11) is 0. The number of hydrogen-bond acceptors (Lipinski definition) is 7. The molecule has 0 saturated carbocycles. The number of nitrogens with one attached hydrogen (secondary N) is 2. The van der Waals surface area contributed by atoms with E-state index < -0.39 is 58.8 Å². The molecular weight excluding hydrogens is 424 g/mol. The minimum atomic E-state index is -4.99. The first-order valence-corrected chi connectivity index (χ1v) is 8.31. The summed E-state index contributed by atoms with van der Waals surface area (Å²) in [4.78, 5) is 6.98. The van der Waals surface area contributed by atoms with Crippen LogP contribution in [0.25, 0.3) is 0 Å². The molecule has 3 rings (SSSR count). The number of quaternary nitrogens is 1. The Labute approximate surface area is 164 Å². The van der Waals surface area contributed by atoms with Gasteiger partial charge >= 0.3 is 12.0 Å². The predicted molar refractivity (Wildman–Crippen MR) is 90.4 cm³/mol. The Morgan fingerprint density at radius 1 is 1.33 bits per heavy atom. The number of aryl methyl sites for hydroxylation is 1. The molecule has 2 heterocycles. The van der Waals surface area contributed by atoms with Crippen LogP contribution < -0.4 is 16.3 Å². The summed E-state index contributed by atoms with van der Waals surface area (Å²) in [5.41, 5.74) is 6.63. The molecule has 2 unspecified atom stereocenters. The molecule has 1 aromatic carbocycles. The highest BCUT2D eigenvalue weighted by Crippen LogP contribution is 2.38. The largest absolute Gasteiger partial charge is 0.601 e. The van der Waals surface area contributed by atoms with Crippen molar-refractivity contribution in [1.29, 1.82) is 0 Å². The third-order valence-corrected chi connectivity index (χ3v) is 3.99. The van der Waals surface area contributed by atoms with Gasteiger partial charge in [-0.3, -0.25) is 4.99 Å². The molecule has 2 aromatic rings. The summed E-state index contributed by atoms with van der Waals surface area (Å²) >= 11 is 0. The van der Waals surface area contributed by atoms with E-state index in [1.807, 2.05) is 0 Å². The average Bonchev–Trinajstić information content (AvgIpc) is 2.97. The number of nitrogens with two attached hydrogens (primary N) is 1. The van der Waals surface area contributed by atoms with E-state index in [0.29, 0.717) is 0 Å². The molecule has 1 aromatic heterocycles. The van der Waals surface area contributed by atoms with Crippen LogP contribution in [-0.2, 0) is 10.9 Å². The number of ether oxygens (including phenoxy) is 1. The molecule has 0 aliphatic carbocycles. The third-order valence-electron chi connectivity index (χ3n) is 3.99. The number of aromatic nitrogens is 1. The van der Waals surface area contributed by atoms with E-state index in [1.54, 1.807) is 0 Å². The minimum Gasteiger partial charge on any atom is -0.601 e. The maximum absolute atomic E-state index is 14.3. The van der Waals surface area contributed by atoms with Gasteiger partial charge < -0.3 is 20.1 Å². The highest BCUT2D eigenvalue weighted by Gasteiger charge is 2.45. The molecule has 0 fully saturated rings. The van der Waals surface area contributed by atoms with E-state index in [4.69, 9.17) is 10.5 Å². The maximum Gasteiger partial charge on any atom is 0.457 e. The summed E-state index contributed by atoms with van der Waals surface area (Å²) in [6.45, 7) is -0.346. The highest BCUT2D eigenvalue weighted by molar-refractivity contribution is 5.82. The molecule has 30 heavy (non-hydrogen) atoms. The third kappa shape index (κ3) is 4.49. The van der Waals surface area contributed by atoms with Gasteiger partial charge in [0.1, 0.15) is 30.9 Å². The van der Waals surface area contributed by atoms with E-state index in [9.17, 15) is 31.5 Å². The van der Waals surface area contributed by atoms with Crippen LogP contribution in [-0.4, -0.2) is 30.0 Å². The second-order valence-corrected chi connectivity index (χ2v) is 6.38. The van der Waals surface area contributed by atoms with Crippen molar-refractivity contribution < 1.29 is 40.7 Å². The van der Waals surface area contributed by atoms with Crippen LogP contribution in [0.3, 0.4) is 0 Å². The fourth-order valence-corrected chi connectivity index (χ4v) is 2.76. The molecule has 0 bridgehead atoms. The Kier molecular flexibility index (Phi) is 5.66. The van der Waals surface area contributed by atoms with Gasteiger partial charge in [-0.25, -0.2) is 23.8 Å². The van der Waals surface area contributed by atoms with Crippen LogP contribution in [0.1, 0.15) is 23.3 Å². The number of hydrogen-bond donors (Lipinski definition) is 3. The van der Waals surface area contributed by atoms with Crippen molar-refractivity contribution in [2.75, 3.05) is 18.6 Å². The standard InChI is InChI=1S/C16H15F6N5O3/c1-7-24-14(13(30-7)16(20,21)22)27(28)26-8-2-3-10(17)9(4-8)12-15(18,19)6-29-5-11(23)25-12/h2-4,12,26-27H,5-6H2,1H3,(H2,23,25). The predicted octanol–water partition coefficient (Wildman–Crippen LogP) is 2.25. The smallest absolute Gasteiger partial charge is 0.457 e. The van der Waals surface area contributed by atoms with Crippen LogP contribution in [0.15, 0.2) is 27.6 Å². The number of oxazole rings is 1. The Morgan fingerprint density at radius 3 is 2.70 bits per heavy atom. The van der Waals surface area contributed by atoms with Crippen molar-refractivity contribution in [1.82, 2.24) is 4.98 Å². The summed E-state index contributed by atoms with van der Waals surface area (Å²) in [5.74, 6) is -8.08. The molecule has 4 N–H and O–H groups in total. The number of rotatable bonds is 4. The molecule has 164 valence electrons. The molecule has 0 radical (unpaired) electrons. The number of nitrogens with zero attached hydrogens (tertiary/aromatic N) is 2. The van der Waals surface area contributed by atoms with Gasteiger partial charge in [-0.2, -0.15) is 18.2 Å². The monoisotopic (exact) mass is 439 g/mol. The Hall–Kier alpha value is -2.84. The van der Waals surface area contributed by atoms with Gasteiger partial charge in [-0.15, -0.1) is 0 Å². The lowest BCUT2D eigenvalue weighted by atomic mass is 10.00. The first-order chi connectivity index (χ1) is 13.9. The maximum atomic E-state index is 14.3. The van der Waals surface area contributed by atoms with Crippen LogP contribution in [0.5, 0.6) is 0 Å². The van der Waals surface area contributed by atoms with Crippen molar-refractivity contribution in [3.63, 3.8) is 0 Å². The zero-order chi connectivity index (χ0) is 22.3. The van der Waals surface area contributed by atoms with Crippen molar-refractivity contribution in [2.45, 2.75) is 25.1 Å². The van der Waals surface area contributed by atoms with Crippen molar-refractivity contribution in [3.8, 4) is 0 Å². The lowest BCUT2D eigenvalue weighted by Crippen LogP contribution is -3.06. The van der Waals surface area contributed by atoms with Crippen molar-refractivity contribution >= 4 is 17.3 Å². The van der Waals surface area contributed by atoms with Gasteiger partial charge in [-0.1, -0.05) is 0 Å². The molecule has 2 atom stereocenters. The van der Waals surface area contributed by atoms with E-state index in [2.05, 4.69) is 19.8 Å². The first kappa shape index (κ1) is 21.9. The molecule has 0 spiro atoms. The normalized spacial score (nSPS) is 20.4. The lowest BCUT2D eigenvalue weighted by molar-refractivity contribution is -0.753. The first-order valence-electron chi connectivity index (χ1n) is 8.31. The summed E-state index contributed by atoms with van der Waals surface area (Å²) in [6.07, 6.45) is -4.99. The number of alkyl halides is 5. The summed E-state index contributed by atoms with van der Waals surface area (Å²) in [5, 5.41) is 10.9. The zero-order valence-electron chi connectivity index (χ0n) is 15.2. The molecule has 1 aliphatic heterocycles. The minimum absolute atomic E-state index is 0.264. The summed E-state index contributed by atoms with van der Waals surface area (Å²) in [6, 6.07) is 0.512. The van der Waals surface area contributed by atoms with Gasteiger partial charge in [0.05, 0.1) is 5.69 Å². The average molecular weight is 439 g/mol. The number of amidine groups is 1. The quantitative estimate of drug-likeness (QED) is 0.498. The van der Waals surface area contributed by atoms with Gasteiger partial charge in [-0.05, 0) is 18.2 Å². The van der Waals surface area contributed by atoms with Gasteiger partial charge in [0.25, 0.3) is 11.7 Å². The van der Waals surface area contributed by atoms with Gasteiger partial charge in [0.2, 0.25) is 0 Å². The summed E-state index contributed by atoms with van der Waals surface area (Å²) < 4.78 is 91.0. The highest BCUT2D eigenvalue weighted by atomic mass is 19.4. The van der Waals surface area contributed by atoms with Crippen LogP contribution in [0.4, 0.5) is 37.8 Å². The number of halogens is 6. The van der Waals surface area contributed by atoms with Gasteiger partial charge in [0, 0.05) is 12.5 Å². The Bertz CT molecular complexity index is 961. The molecule has 0 saturated heterocycles. The SMILES string of the molecule is Cc1nc([NH+]([O-])Nc2ccc(F)c(C3N=C(N)COCC3(F)F)c2)c(C(F)(F)F)o1. The Balaban J connectivity index is 1.94. The van der Waals surface area contributed by atoms with E-state index in [1.165, 1.54) is 0 Å². The van der Waals surface area contributed by atoms with Crippen molar-refractivity contribution in [3.05, 3.63) is 46.4 Å². The van der Waals surface area contributed by atoms with Crippen LogP contribution in [0, 0.1) is 17.9 Å². The van der Waals surface area contributed by atoms with Crippen LogP contribution >= 0.6 is 0 Å². The molecular formula is C16H15F6N5O3. The van der Waals surface area contributed by atoms with Crippen molar-refractivity contribution in [2.24, 2.45) is 10.7 Å². The molecule has 0 amide bonds.